The maximum atomic E-state index is 4.29. The number of nitrogens with zero attached hydrogens (tertiary/aromatic N) is 3. The highest BCUT2D eigenvalue weighted by molar-refractivity contribution is 5.62. The summed E-state index contributed by atoms with van der Waals surface area (Å²) >= 11 is 0. The van der Waals surface area contributed by atoms with Crippen LogP contribution in [0.25, 0.3) is 0 Å². The fourth-order valence-corrected chi connectivity index (χ4v) is 2.95. The van der Waals surface area contributed by atoms with Gasteiger partial charge in [-0.2, -0.15) is 0 Å². The van der Waals surface area contributed by atoms with Crippen molar-refractivity contribution in [2.75, 3.05) is 35.2 Å². The molecular formula is C19H27N5. The van der Waals surface area contributed by atoms with Crippen LogP contribution in [-0.2, 0) is 0 Å². The SMILES string of the molecule is CCCNc1cc(Nc2ccc(N3CCC(C)CC3)cc2)ncn1. The van der Waals surface area contributed by atoms with E-state index in [1.165, 1.54) is 18.5 Å². The third-order valence-electron chi connectivity index (χ3n) is 4.51. The van der Waals surface area contributed by atoms with Gasteiger partial charge in [0.25, 0.3) is 0 Å². The van der Waals surface area contributed by atoms with Gasteiger partial charge < -0.3 is 15.5 Å². The van der Waals surface area contributed by atoms with Gasteiger partial charge in [0.2, 0.25) is 0 Å². The first-order chi connectivity index (χ1) is 11.7. The third kappa shape index (κ3) is 4.37. The first-order valence-electron chi connectivity index (χ1n) is 8.92. The molecule has 1 fully saturated rings. The molecule has 2 N–H and O–H groups in total. The molecule has 5 nitrogen and oxygen atoms in total. The van der Waals surface area contributed by atoms with Crippen LogP contribution in [0.5, 0.6) is 0 Å². The van der Waals surface area contributed by atoms with Crippen LogP contribution in [0.2, 0.25) is 0 Å². The minimum atomic E-state index is 0.808. The molecular weight excluding hydrogens is 298 g/mol. The van der Waals surface area contributed by atoms with Crippen molar-refractivity contribution in [2.45, 2.75) is 33.1 Å². The second-order valence-electron chi connectivity index (χ2n) is 6.56. The summed E-state index contributed by atoms with van der Waals surface area (Å²) in [4.78, 5) is 11.0. The van der Waals surface area contributed by atoms with Gasteiger partial charge in [0.15, 0.2) is 0 Å². The van der Waals surface area contributed by atoms with E-state index in [1.807, 2.05) is 6.07 Å². The Morgan fingerprint density at radius 1 is 1.08 bits per heavy atom. The Morgan fingerprint density at radius 3 is 2.50 bits per heavy atom. The largest absolute Gasteiger partial charge is 0.372 e. The molecule has 0 amide bonds. The van der Waals surface area contributed by atoms with Gasteiger partial charge in [-0.15, -0.1) is 0 Å². The van der Waals surface area contributed by atoms with E-state index in [-0.39, 0.29) is 0 Å². The van der Waals surface area contributed by atoms with Crippen LogP contribution in [0.4, 0.5) is 23.0 Å². The quantitative estimate of drug-likeness (QED) is 0.830. The summed E-state index contributed by atoms with van der Waals surface area (Å²) in [6, 6.07) is 10.6. The summed E-state index contributed by atoms with van der Waals surface area (Å²) < 4.78 is 0. The van der Waals surface area contributed by atoms with Gasteiger partial charge in [-0.05, 0) is 49.4 Å². The number of nitrogens with one attached hydrogen (secondary N) is 2. The maximum Gasteiger partial charge on any atom is 0.135 e. The number of hydrogen-bond donors (Lipinski definition) is 2. The summed E-state index contributed by atoms with van der Waals surface area (Å²) in [5.74, 6) is 2.52. The predicted molar refractivity (Wildman–Crippen MR) is 101 cm³/mol. The summed E-state index contributed by atoms with van der Waals surface area (Å²) in [6.07, 6.45) is 5.23. The van der Waals surface area contributed by atoms with Crippen molar-refractivity contribution in [2.24, 2.45) is 5.92 Å². The molecule has 1 aliphatic heterocycles. The molecule has 0 unspecified atom stereocenters. The molecule has 24 heavy (non-hydrogen) atoms. The second-order valence-corrected chi connectivity index (χ2v) is 6.56. The highest BCUT2D eigenvalue weighted by atomic mass is 15.1. The van der Waals surface area contributed by atoms with E-state index >= 15 is 0 Å². The molecule has 0 radical (unpaired) electrons. The average molecular weight is 325 g/mol. The van der Waals surface area contributed by atoms with Gasteiger partial charge in [0.1, 0.15) is 18.0 Å². The van der Waals surface area contributed by atoms with E-state index in [4.69, 9.17) is 0 Å². The lowest BCUT2D eigenvalue weighted by Crippen LogP contribution is -2.32. The molecule has 3 rings (SSSR count). The smallest absolute Gasteiger partial charge is 0.135 e. The lowest BCUT2D eigenvalue weighted by Gasteiger charge is -2.32. The normalized spacial score (nSPS) is 15.3. The zero-order chi connectivity index (χ0) is 16.8. The molecule has 0 bridgehead atoms. The lowest BCUT2D eigenvalue weighted by atomic mass is 9.99. The molecule has 0 aliphatic carbocycles. The van der Waals surface area contributed by atoms with Crippen molar-refractivity contribution in [3.8, 4) is 0 Å². The van der Waals surface area contributed by atoms with E-state index in [0.717, 1.165) is 49.3 Å². The highest BCUT2D eigenvalue weighted by Gasteiger charge is 2.15. The Balaban J connectivity index is 1.62. The van der Waals surface area contributed by atoms with Crippen molar-refractivity contribution in [1.82, 2.24) is 9.97 Å². The summed E-state index contributed by atoms with van der Waals surface area (Å²) in [5, 5.41) is 6.63. The molecule has 2 heterocycles. The molecule has 2 aromatic rings. The number of rotatable bonds is 6. The minimum Gasteiger partial charge on any atom is -0.372 e. The fraction of sp³-hybridized carbons (Fsp3) is 0.474. The summed E-state index contributed by atoms with van der Waals surface area (Å²) in [6.45, 7) is 7.71. The molecule has 128 valence electrons. The van der Waals surface area contributed by atoms with Crippen molar-refractivity contribution in [1.29, 1.82) is 0 Å². The Bertz CT molecular complexity index is 632. The van der Waals surface area contributed by atoms with Gasteiger partial charge in [-0.1, -0.05) is 13.8 Å². The van der Waals surface area contributed by atoms with Crippen molar-refractivity contribution in [3.05, 3.63) is 36.7 Å². The minimum absolute atomic E-state index is 0.808. The molecule has 1 aromatic heterocycles. The number of piperidine rings is 1. The van der Waals surface area contributed by atoms with Gasteiger partial charge in [-0.25, -0.2) is 9.97 Å². The molecule has 1 aliphatic rings. The summed E-state index contributed by atoms with van der Waals surface area (Å²) in [7, 11) is 0. The van der Waals surface area contributed by atoms with Crippen molar-refractivity contribution in [3.63, 3.8) is 0 Å². The van der Waals surface area contributed by atoms with Gasteiger partial charge >= 0.3 is 0 Å². The average Bonchev–Trinajstić information content (AvgIpc) is 2.62. The van der Waals surface area contributed by atoms with Crippen LogP contribution < -0.4 is 15.5 Å². The summed E-state index contributed by atoms with van der Waals surface area (Å²) in [5.41, 5.74) is 2.35. The lowest BCUT2D eigenvalue weighted by molar-refractivity contribution is 0.438. The number of aromatic nitrogens is 2. The van der Waals surface area contributed by atoms with Crippen LogP contribution in [-0.4, -0.2) is 29.6 Å². The second kappa shape index (κ2) is 7.99. The molecule has 1 saturated heterocycles. The Morgan fingerprint density at radius 2 is 1.79 bits per heavy atom. The van der Waals surface area contributed by atoms with Gasteiger partial charge in [-0.3, -0.25) is 0 Å². The Hall–Kier alpha value is -2.30. The van der Waals surface area contributed by atoms with E-state index in [0.29, 0.717) is 0 Å². The van der Waals surface area contributed by atoms with Crippen LogP contribution in [0.3, 0.4) is 0 Å². The number of anilines is 4. The van der Waals surface area contributed by atoms with Crippen LogP contribution in [0, 0.1) is 5.92 Å². The monoisotopic (exact) mass is 325 g/mol. The molecule has 0 spiro atoms. The van der Waals surface area contributed by atoms with Gasteiger partial charge in [0.05, 0.1) is 0 Å². The molecule has 5 heteroatoms. The zero-order valence-electron chi connectivity index (χ0n) is 14.6. The molecule has 0 atom stereocenters. The van der Waals surface area contributed by atoms with Crippen molar-refractivity contribution < 1.29 is 0 Å². The Kier molecular flexibility index (Phi) is 5.51. The zero-order valence-corrected chi connectivity index (χ0v) is 14.6. The molecule has 1 aromatic carbocycles. The topological polar surface area (TPSA) is 53.1 Å². The third-order valence-corrected chi connectivity index (χ3v) is 4.51. The number of hydrogen-bond acceptors (Lipinski definition) is 5. The van der Waals surface area contributed by atoms with Crippen LogP contribution in [0.15, 0.2) is 36.7 Å². The molecule has 0 saturated carbocycles. The van der Waals surface area contributed by atoms with Crippen molar-refractivity contribution >= 4 is 23.0 Å². The fourth-order valence-electron chi connectivity index (χ4n) is 2.95. The van der Waals surface area contributed by atoms with E-state index in [9.17, 15) is 0 Å². The van der Waals surface area contributed by atoms with E-state index < -0.39 is 0 Å². The first kappa shape index (κ1) is 16.6. The van der Waals surface area contributed by atoms with E-state index in [2.05, 4.69) is 63.6 Å². The highest BCUT2D eigenvalue weighted by Crippen LogP contribution is 2.25. The Labute approximate surface area is 144 Å². The van der Waals surface area contributed by atoms with E-state index in [1.54, 1.807) is 6.33 Å². The first-order valence-corrected chi connectivity index (χ1v) is 8.92. The van der Waals surface area contributed by atoms with Crippen LogP contribution in [0.1, 0.15) is 33.1 Å². The number of benzene rings is 1. The maximum absolute atomic E-state index is 4.29. The standard InChI is InChI=1S/C19H27N5/c1-3-10-20-18-13-19(22-14-21-18)23-16-4-6-17(7-5-16)24-11-8-15(2)9-12-24/h4-7,13-15H,3,8-12H2,1-2H3,(H2,20,21,22,23). The van der Waals surface area contributed by atoms with Gasteiger partial charge in [0, 0.05) is 37.1 Å². The predicted octanol–water partition coefficient (Wildman–Crippen LogP) is 4.28. The van der Waals surface area contributed by atoms with Crippen LogP contribution >= 0.6 is 0 Å².